The standard InChI is InChI=1S/C17H37N3O/c1-4-6-7-8-9-10-11-16(19-18)17(3,5-2)20-12-14-21-15-13-20/h16,19H,4-15,18H2,1-3H3. The number of hydrazine groups is 1. The molecule has 0 saturated carbocycles. The van der Waals surface area contributed by atoms with E-state index in [0.717, 1.165) is 32.7 Å². The largest absolute Gasteiger partial charge is 0.379 e. The van der Waals surface area contributed by atoms with Crippen LogP contribution in [0, 0.1) is 0 Å². The van der Waals surface area contributed by atoms with Crippen LogP contribution in [0.5, 0.6) is 0 Å². The molecule has 0 bridgehead atoms. The van der Waals surface area contributed by atoms with Crippen LogP contribution in [-0.2, 0) is 4.74 Å². The fraction of sp³-hybridized carbons (Fsp3) is 1.00. The number of unbranched alkanes of at least 4 members (excludes halogenated alkanes) is 5. The molecule has 0 aromatic heterocycles. The van der Waals surface area contributed by atoms with Gasteiger partial charge < -0.3 is 4.74 Å². The lowest BCUT2D eigenvalue weighted by atomic mass is 9.84. The van der Waals surface area contributed by atoms with Crippen molar-refractivity contribution in [2.24, 2.45) is 5.84 Å². The lowest BCUT2D eigenvalue weighted by Gasteiger charge is -2.47. The molecule has 0 aromatic carbocycles. The average molecular weight is 300 g/mol. The Bertz CT molecular complexity index is 256. The summed E-state index contributed by atoms with van der Waals surface area (Å²) in [6.45, 7) is 10.7. The second-order valence-corrected chi connectivity index (χ2v) is 6.59. The molecule has 1 aliphatic rings. The average Bonchev–Trinajstić information content (AvgIpc) is 2.54. The third-order valence-corrected chi connectivity index (χ3v) is 5.25. The molecule has 0 spiro atoms. The van der Waals surface area contributed by atoms with Gasteiger partial charge in [0.2, 0.25) is 0 Å². The van der Waals surface area contributed by atoms with Crippen molar-refractivity contribution in [1.82, 2.24) is 10.3 Å². The predicted molar refractivity (Wildman–Crippen MR) is 90.2 cm³/mol. The maximum Gasteiger partial charge on any atom is 0.0594 e. The van der Waals surface area contributed by atoms with Gasteiger partial charge in [0.15, 0.2) is 0 Å². The fourth-order valence-electron chi connectivity index (χ4n) is 3.47. The van der Waals surface area contributed by atoms with Gasteiger partial charge in [0.05, 0.1) is 13.2 Å². The van der Waals surface area contributed by atoms with Crippen LogP contribution >= 0.6 is 0 Å². The molecule has 1 fully saturated rings. The van der Waals surface area contributed by atoms with Gasteiger partial charge in [-0.05, 0) is 19.8 Å². The summed E-state index contributed by atoms with van der Waals surface area (Å²) in [5, 5.41) is 0. The van der Waals surface area contributed by atoms with Crippen molar-refractivity contribution in [3.63, 3.8) is 0 Å². The van der Waals surface area contributed by atoms with Gasteiger partial charge >= 0.3 is 0 Å². The van der Waals surface area contributed by atoms with Crippen LogP contribution in [0.4, 0.5) is 0 Å². The molecule has 0 amide bonds. The highest BCUT2D eigenvalue weighted by Crippen LogP contribution is 2.27. The molecule has 126 valence electrons. The van der Waals surface area contributed by atoms with Crippen LogP contribution in [0.15, 0.2) is 0 Å². The van der Waals surface area contributed by atoms with Gasteiger partial charge in [-0.25, -0.2) is 0 Å². The number of nitrogens with one attached hydrogen (secondary N) is 1. The summed E-state index contributed by atoms with van der Waals surface area (Å²) in [6, 6.07) is 0.367. The van der Waals surface area contributed by atoms with Gasteiger partial charge in [0.25, 0.3) is 0 Å². The Hall–Kier alpha value is -0.160. The van der Waals surface area contributed by atoms with E-state index in [-0.39, 0.29) is 5.54 Å². The maximum atomic E-state index is 5.90. The highest BCUT2D eigenvalue weighted by Gasteiger charge is 2.37. The van der Waals surface area contributed by atoms with E-state index >= 15 is 0 Å². The lowest BCUT2D eigenvalue weighted by molar-refractivity contribution is -0.0337. The Labute approximate surface area is 131 Å². The van der Waals surface area contributed by atoms with Crippen LogP contribution in [0.25, 0.3) is 0 Å². The lowest BCUT2D eigenvalue weighted by Crippen LogP contribution is -2.63. The molecule has 4 nitrogen and oxygen atoms in total. The normalized spacial score (nSPS) is 21.1. The van der Waals surface area contributed by atoms with E-state index < -0.39 is 0 Å². The van der Waals surface area contributed by atoms with Gasteiger partial charge in [0.1, 0.15) is 0 Å². The van der Waals surface area contributed by atoms with Crippen molar-refractivity contribution in [3.05, 3.63) is 0 Å². The minimum atomic E-state index is 0.141. The molecule has 1 heterocycles. The van der Waals surface area contributed by atoms with E-state index in [1.165, 1.54) is 44.9 Å². The van der Waals surface area contributed by atoms with Crippen LogP contribution in [0.2, 0.25) is 0 Å². The number of rotatable bonds is 11. The molecule has 0 radical (unpaired) electrons. The summed E-state index contributed by atoms with van der Waals surface area (Å²) in [5.74, 6) is 5.90. The van der Waals surface area contributed by atoms with Gasteiger partial charge in [-0.3, -0.25) is 16.2 Å². The molecule has 0 aliphatic carbocycles. The van der Waals surface area contributed by atoms with E-state index in [1.807, 2.05) is 0 Å². The number of nitrogens with zero attached hydrogens (tertiary/aromatic N) is 1. The van der Waals surface area contributed by atoms with Crippen molar-refractivity contribution < 1.29 is 4.74 Å². The molecular formula is C17H37N3O. The second kappa shape index (κ2) is 10.5. The smallest absolute Gasteiger partial charge is 0.0594 e. The van der Waals surface area contributed by atoms with Gasteiger partial charge in [0, 0.05) is 24.7 Å². The third kappa shape index (κ3) is 5.85. The Morgan fingerprint density at radius 1 is 1.10 bits per heavy atom. The fourth-order valence-corrected chi connectivity index (χ4v) is 3.47. The third-order valence-electron chi connectivity index (χ3n) is 5.25. The number of ether oxygens (including phenoxy) is 1. The SMILES string of the molecule is CCCCCCCCC(NN)C(C)(CC)N1CCOCC1. The number of hydrogen-bond acceptors (Lipinski definition) is 4. The van der Waals surface area contributed by atoms with Gasteiger partial charge in [-0.15, -0.1) is 0 Å². The zero-order valence-electron chi connectivity index (χ0n) is 14.5. The van der Waals surface area contributed by atoms with Crippen molar-refractivity contribution in [1.29, 1.82) is 0 Å². The first kappa shape index (κ1) is 18.9. The summed E-state index contributed by atoms with van der Waals surface area (Å²) in [7, 11) is 0. The summed E-state index contributed by atoms with van der Waals surface area (Å²) >= 11 is 0. The van der Waals surface area contributed by atoms with Crippen molar-refractivity contribution in [2.75, 3.05) is 26.3 Å². The van der Waals surface area contributed by atoms with E-state index in [0.29, 0.717) is 6.04 Å². The van der Waals surface area contributed by atoms with Crippen LogP contribution in [0.3, 0.4) is 0 Å². The minimum absolute atomic E-state index is 0.141. The number of morpholine rings is 1. The molecule has 2 atom stereocenters. The van der Waals surface area contributed by atoms with E-state index in [1.54, 1.807) is 0 Å². The molecule has 21 heavy (non-hydrogen) atoms. The van der Waals surface area contributed by atoms with E-state index in [9.17, 15) is 0 Å². The molecule has 3 N–H and O–H groups in total. The molecule has 1 aliphatic heterocycles. The zero-order valence-corrected chi connectivity index (χ0v) is 14.5. The first-order chi connectivity index (χ1) is 10.2. The summed E-state index contributed by atoms with van der Waals surface area (Å²) < 4.78 is 5.50. The van der Waals surface area contributed by atoms with Gasteiger partial charge in [-0.2, -0.15) is 0 Å². The molecule has 0 aromatic rings. The van der Waals surface area contributed by atoms with E-state index in [4.69, 9.17) is 10.6 Å². The second-order valence-electron chi connectivity index (χ2n) is 6.59. The highest BCUT2D eigenvalue weighted by atomic mass is 16.5. The maximum absolute atomic E-state index is 5.90. The summed E-state index contributed by atoms with van der Waals surface area (Å²) in [4.78, 5) is 2.57. The monoisotopic (exact) mass is 299 g/mol. The topological polar surface area (TPSA) is 50.5 Å². The first-order valence-corrected chi connectivity index (χ1v) is 8.98. The highest BCUT2D eigenvalue weighted by molar-refractivity contribution is 4.96. The molecule has 2 unspecified atom stereocenters. The molecule has 4 heteroatoms. The van der Waals surface area contributed by atoms with Crippen molar-refractivity contribution in [3.8, 4) is 0 Å². The molecular weight excluding hydrogens is 262 g/mol. The zero-order chi connectivity index (χ0) is 15.6. The van der Waals surface area contributed by atoms with Crippen LogP contribution < -0.4 is 11.3 Å². The molecule has 1 saturated heterocycles. The Morgan fingerprint density at radius 2 is 1.71 bits per heavy atom. The van der Waals surface area contributed by atoms with E-state index in [2.05, 4.69) is 31.1 Å². The Balaban J connectivity index is 2.42. The minimum Gasteiger partial charge on any atom is -0.379 e. The van der Waals surface area contributed by atoms with Crippen molar-refractivity contribution in [2.45, 2.75) is 83.7 Å². The summed E-state index contributed by atoms with van der Waals surface area (Å²) in [6.07, 6.45) is 10.3. The Kier molecular flexibility index (Phi) is 9.49. The van der Waals surface area contributed by atoms with Crippen LogP contribution in [-0.4, -0.2) is 42.8 Å². The first-order valence-electron chi connectivity index (χ1n) is 8.98. The number of hydrogen-bond donors (Lipinski definition) is 2. The summed E-state index contributed by atoms with van der Waals surface area (Å²) in [5.41, 5.74) is 3.25. The quantitative estimate of drug-likeness (QED) is 0.350. The Morgan fingerprint density at radius 3 is 2.29 bits per heavy atom. The molecule has 1 rings (SSSR count). The number of nitrogens with two attached hydrogens (primary N) is 1. The van der Waals surface area contributed by atoms with Crippen LogP contribution in [0.1, 0.15) is 72.1 Å². The van der Waals surface area contributed by atoms with Gasteiger partial charge in [-0.1, -0.05) is 52.4 Å². The van der Waals surface area contributed by atoms with Crippen molar-refractivity contribution >= 4 is 0 Å². The predicted octanol–water partition coefficient (Wildman–Crippen LogP) is 3.07.